The van der Waals surface area contributed by atoms with E-state index in [1.165, 1.54) is 0 Å². The number of fused-ring (bicyclic) bond motifs is 1. The molecule has 3 aromatic rings. The topological polar surface area (TPSA) is 68.5 Å². The Labute approximate surface area is 127 Å². The highest BCUT2D eigenvalue weighted by atomic mass is 16.5. The first-order chi connectivity index (χ1) is 10.8. The van der Waals surface area contributed by atoms with Gasteiger partial charge in [-0.15, -0.1) is 0 Å². The number of nitrogens with one attached hydrogen (secondary N) is 1. The zero-order valence-corrected chi connectivity index (χ0v) is 12.0. The molecule has 112 valence electrons. The van der Waals surface area contributed by atoms with Crippen LogP contribution in [0.15, 0.2) is 55.1 Å². The van der Waals surface area contributed by atoms with Gasteiger partial charge in [-0.05, 0) is 12.1 Å². The van der Waals surface area contributed by atoms with E-state index in [4.69, 9.17) is 4.74 Å². The minimum atomic E-state index is -0.0556. The van der Waals surface area contributed by atoms with E-state index >= 15 is 0 Å². The highest BCUT2D eigenvalue weighted by Crippen LogP contribution is 2.08. The SMILES string of the molecule is O=C(CCOc1ccccc1)NCc1cnc2cnccn12. The van der Waals surface area contributed by atoms with Gasteiger partial charge in [0.05, 0.1) is 37.7 Å². The van der Waals surface area contributed by atoms with Gasteiger partial charge in [0.2, 0.25) is 5.91 Å². The highest BCUT2D eigenvalue weighted by Gasteiger charge is 2.06. The van der Waals surface area contributed by atoms with E-state index in [2.05, 4.69) is 15.3 Å². The number of amides is 1. The van der Waals surface area contributed by atoms with E-state index in [-0.39, 0.29) is 5.91 Å². The van der Waals surface area contributed by atoms with Crippen molar-refractivity contribution in [3.8, 4) is 5.75 Å². The molecule has 2 aromatic heterocycles. The molecule has 1 amide bonds. The molecule has 6 heteroatoms. The van der Waals surface area contributed by atoms with Crippen LogP contribution >= 0.6 is 0 Å². The number of nitrogens with zero attached hydrogens (tertiary/aromatic N) is 3. The number of carbonyl (C=O) groups is 1. The number of imidazole rings is 1. The fourth-order valence-corrected chi connectivity index (χ4v) is 2.08. The van der Waals surface area contributed by atoms with Crippen molar-refractivity contribution in [2.45, 2.75) is 13.0 Å². The Morgan fingerprint density at radius 2 is 2.09 bits per heavy atom. The Morgan fingerprint density at radius 1 is 1.23 bits per heavy atom. The lowest BCUT2D eigenvalue weighted by molar-refractivity contribution is -0.121. The van der Waals surface area contributed by atoms with E-state index in [0.717, 1.165) is 17.1 Å². The third-order valence-corrected chi connectivity index (χ3v) is 3.20. The van der Waals surface area contributed by atoms with Crippen LogP contribution in [0.1, 0.15) is 12.1 Å². The molecular weight excluding hydrogens is 280 g/mol. The average Bonchev–Trinajstić information content (AvgIpc) is 2.97. The quantitative estimate of drug-likeness (QED) is 0.753. The molecule has 1 N–H and O–H groups in total. The lowest BCUT2D eigenvalue weighted by atomic mass is 10.3. The first-order valence-corrected chi connectivity index (χ1v) is 7.03. The minimum absolute atomic E-state index is 0.0556. The van der Waals surface area contributed by atoms with Gasteiger partial charge in [0, 0.05) is 12.4 Å². The summed E-state index contributed by atoms with van der Waals surface area (Å²) in [6.45, 7) is 0.780. The smallest absolute Gasteiger partial charge is 0.223 e. The molecule has 2 heterocycles. The molecule has 0 radical (unpaired) electrons. The summed E-state index contributed by atoms with van der Waals surface area (Å²) in [5.41, 5.74) is 1.67. The van der Waals surface area contributed by atoms with Crippen molar-refractivity contribution >= 4 is 11.6 Å². The second kappa shape index (κ2) is 6.71. The summed E-state index contributed by atoms with van der Waals surface area (Å²) >= 11 is 0. The zero-order chi connectivity index (χ0) is 15.2. The van der Waals surface area contributed by atoms with E-state index in [0.29, 0.717) is 19.6 Å². The first-order valence-electron chi connectivity index (χ1n) is 7.03. The van der Waals surface area contributed by atoms with Gasteiger partial charge in [-0.25, -0.2) is 4.98 Å². The van der Waals surface area contributed by atoms with E-state index in [9.17, 15) is 4.79 Å². The second-order valence-corrected chi connectivity index (χ2v) is 4.74. The van der Waals surface area contributed by atoms with Crippen molar-refractivity contribution in [2.24, 2.45) is 0 Å². The molecule has 0 atom stereocenters. The Morgan fingerprint density at radius 3 is 2.95 bits per heavy atom. The van der Waals surface area contributed by atoms with Gasteiger partial charge in [-0.1, -0.05) is 18.2 Å². The monoisotopic (exact) mass is 296 g/mol. The molecule has 0 spiro atoms. The largest absolute Gasteiger partial charge is 0.493 e. The van der Waals surface area contributed by atoms with Gasteiger partial charge in [0.25, 0.3) is 0 Å². The molecule has 0 unspecified atom stereocenters. The van der Waals surface area contributed by atoms with Crippen molar-refractivity contribution in [2.75, 3.05) is 6.61 Å². The molecule has 0 aliphatic heterocycles. The number of hydrogen-bond acceptors (Lipinski definition) is 4. The van der Waals surface area contributed by atoms with Gasteiger partial charge in [-0.2, -0.15) is 0 Å². The number of rotatable bonds is 6. The predicted octanol–water partition coefficient (Wildman–Crippen LogP) is 1.81. The normalized spacial score (nSPS) is 10.5. The van der Waals surface area contributed by atoms with Crippen LogP contribution in [0.5, 0.6) is 5.75 Å². The molecule has 0 saturated carbocycles. The summed E-state index contributed by atoms with van der Waals surface area (Å²) in [5.74, 6) is 0.713. The van der Waals surface area contributed by atoms with Crippen LogP contribution in [0.3, 0.4) is 0 Å². The fourth-order valence-electron chi connectivity index (χ4n) is 2.08. The van der Waals surface area contributed by atoms with Crippen molar-refractivity contribution in [1.29, 1.82) is 0 Å². The number of carbonyl (C=O) groups excluding carboxylic acids is 1. The van der Waals surface area contributed by atoms with Crippen LogP contribution in [-0.2, 0) is 11.3 Å². The van der Waals surface area contributed by atoms with E-state index in [1.54, 1.807) is 18.6 Å². The summed E-state index contributed by atoms with van der Waals surface area (Å²) in [4.78, 5) is 20.1. The van der Waals surface area contributed by atoms with E-state index < -0.39 is 0 Å². The molecule has 1 aromatic carbocycles. The predicted molar refractivity (Wildman–Crippen MR) is 81.4 cm³/mol. The number of para-hydroxylation sites is 1. The van der Waals surface area contributed by atoms with Crippen LogP contribution < -0.4 is 10.1 Å². The van der Waals surface area contributed by atoms with Crippen LogP contribution in [0, 0.1) is 0 Å². The highest BCUT2D eigenvalue weighted by molar-refractivity contribution is 5.75. The molecule has 22 heavy (non-hydrogen) atoms. The van der Waals surface area contributed by atoms with Crippen LogP contribution in [0.2, 0.25) is 0 Å². The van der Waals surface area contributed by atoms with Crippen molar-refractivity contribution < 1.29 is 9.53 Å². The number of ether oxygens (including phenoxy) is 1. The lowest BCUT2D eigenvalue weighted by Gasteiger charge is -2.07. The summed E-state index contributed by atoms with van der Waals surface area (Å²) in [6.07, 6.45) is 7.24. The third kappa shape index (κ3) is 3.41. The Balaban J connectivity index is 1.46. The third-order valence-electron chi connectivity index (χ3n) is 3.20. The second-order valence-electron chi connectivity index (χ2n) is 4.74. The molecule has 0 saturated heterocycles. The number of benzene rings is 1. The zero-order valence-electron chi connectivity index (χ0n) is 12.0. The number of aromatic nitrogens is 3. The Hall–Kier alpha value is -2.89. The van der Waals surface area contributed by atoms with Crippen molar-refractivity contribution in [3.05, 3.63) is 60.8 Å². The molecule has 0 bridgehead atoms. The maximum atomic E-state index is 11.8. The summed E-state index contributed by atoms with van der Waals surface area (Å²) < 4.78 is 7.39. The summed E-state index contributed by atoms with van der Waals surface area (Å²) in [7, 11) is 0. The average molecular weight is 296 g/mol. The van der Waals surface area contributed by atoms with Gasteiger partial charge in [0.15, 0.2) is 5.65 Å². The van der Waals surface area contributed by atoms with Crippen molar-refractivity contribution in [1.82, 2.24) is 19.7 Å². The van der Waals surface area contributed by atoms with Crippen molar-refractivity contribution in [3.63, 3.8) is 0 Å². The minimum Gasteiger partial charge on any atom is -0.493 e. The lowest BCUT2D eigenvalue weighted by Crippen LogP contribution is -2.25. The van der Waals surface area contributed by atoms with Crippen LogP contribution in [0.25, 0.3) is 5.65 Å². The fraction of sp³-hybridized carbons (Fsp3) is 0.188. The standard InChI is InChI=1S/C16H16N4O2/c21-16(6-9-22-14-4-2-1-3-5-14)19-11-13-10-18-15-12-17-7-8-20(13)15/h1-5,7-8,10,12H,6,9,11H2,(H,19,21). The van der Waals surface area contributed by atoms with Gasteiger partial charge < -0.3 is 10.1 Å². The van der Waals surface area contributed by atoms with E-state index in [1.807, 2.05) is 40.9 Å². The molecule has 0 fully saturated rings. The molecule has 6 nitrogen and oxygen atoms in total. The number of hydrogen-bond donors (Lipinski definition) is 1. The Bertz CT molecular complexity index is 755. The van der Waals surface area contributed by atoms with Gasteiger partial charge in [-0.3, -0.25) is 14.2 Å². The van der Waals surface area contributed by atoms with Gasteiger partial charge in [0.1, 0.15) is 5.75 Å². The summed E-state index contributed by atoms with van der Waals surface area (Å²) in [5, 5.41) is 2.86. The summed E-state index contributed by atoms with van der Waals surface area (Å²) in [6, 6.07) is 9.45. The maximum Gasteiger partial charge on any atom is 0.223 e. The van der Waals surface area contributed by atoms with Crippen LogP contribution in [-0.4, -0.2) is 26.9 Å². The molecule has 0 aliphatic carbocycles. The van der Waals surface area contributed by atoms with Gasteiger partial charge >= 0.3 is 0 Å². The van der Waals surface area contributed by atoms with Crippen LogP contribution in [0.4, 0.5) is 0 Å². The maximum absolute atomic E-state index is 11.8. The Kier molecular flexibility index (Phi) is 4.29. The molecule has 3 rings (SSSR count). The molecular formula is C16H16N4O2. The first kappa shape index (κ1) is 14.1. The molecule has 0 aliphatic rings.